The van der Waals surface area contributed by atoms with Crippen LogP contribution in [0.5, 0.6) is 5.75 Å². The Hall–Kier alpha value is -1.06. The average molecular weight is 214 g/mol. The Morgan fingerprint density at radius 1 is 1.43 bits per heavy atom. The molecule has 4 heteroatoms. The second-order valence-corrected chi connectivity index (χ2v) is 3.27. The van der Waals surface area contributed by atoms with Crippen LogP contribution in [-0.4, -0.2) is 17.4 Å². The van der Waals surface area contributed by atoms with E-state index in [9.17, 15) is 9.90 Å². The minimum Gasteiger partial charge on any atom is -0.508 e. The van der Waals surface area contributed by atoms with Crippen LogP contribution in [0.4, 0.5) is 0 Å². The Morgan fingerprint density at radius 3 is 2.79 bits per heavy atom. The molecule has 1 heterocycles. The molecule has 1 fully saturated rings. The molecule has 0 spiro atoms. The van der Waals surface area contributed by atoms with Gasteiger partial charge in [-0.25, -0.2) is 0 Å². The third-order valence-corrected chi connectivity index (χ3v) is 2.25. The SMILES string of the molecule is Cl.O=C1CNC(c2cccc(O)c2)C1. The fourth-order valence-corrected chi connectivity index (χ4v) is 1.59. The van der Waals surface area contributed by atoms with E-state index in [0.717, 1.165) is 5.56 Å². The number of rotatable bonds is 1. The van der Waals surface area contributed by atoms with Gasteiger partial charge in [0.1, 0.15) is 11.5 Å². The summed E-state index contributed by atoms with van der Waals surface area (Å²) >= 11 is 0. The zero-order valence-corrected chi connectivity index (χ0v) is 8.38. The predicted octanol–water partition coefficient (Wildman–Crippen LogP) is 1.42. The van der Waals surface area contributed by atoms with E-state index in [4.69, 9.17) is 0 Å². The lowest BCUT2D eigenvalue weighted by Gasteiger charge is -2.08. The van der Waals surface area contributed by atoms with E-state index < -0.39 is 0 Å². The lowest BCUT2D eigenvalue weighted by atomic mass is 10.1. The monoisotopic (exact) mass is 213 g/mol. The van der Waals surface area contributed by atoms with Gasteiger partial charge in [-0.15, -0.1) is 12.4 Å². The maximum atomic E-state index is 11.0. The van der Waals surface area contributed by atoms with Crippen LogP contribution in [0.3, 0.4) is 0 Å². The fraction of sp³-hybridized carbons (Fsp3) is 0.300. The number of phenolic OH excluding ortho intramolecular Hbond substituents is 1. The van der Waals surface area contributed by atoms with Crippen molar-refractivity contribution < 1.29 is 9.90 Å². The van der Waals surface area contributed by atoms with Crippen molar-refractivity contribution in [1.29, 1.82) is 0 Å². The number of carbonyl (C=O) groups excluding carboxylic acids is 1. The predicted molar refractivity (Wildman–Crippen MR) is 55.7 cm³/mol. The Labute approximate surface area is 88.5 Å². The molecule has 0 radical (unpaired) electrons. The van der Waals surface area contributed by atoms with Gasteiger partial charge in [0.05, 0.1) is 6.54 Å². The molecule has 1 aliphatic rings. The summed E-state index contributed by atoms with van der Waals surface area (Å²) in [5.74, 6) is 0.479. The number of Topliss-reactive ketones (excluding diaryl/α,β-unsaturated/α-hetero) is 1. The van der Waals surface area contributed by atoms with Crippen LogP contribution in [0.25, 0.3) is 0 Å². The first-order valence-corrected chi connectivity index (χ1v) is 4.30. The summed E-state index contributed by atoms with van der Waals surface area (Å²) in [5.41, 5.74) is 0.978. The van der Waals surface area contributed by atoms with E-state index in [1.807, 2.05) is 6.07 Å². The van der Waals surface area contributed by atoms with Gasteiger partial charge in [-0.05, 0) is 17.7 Å². The lowest BCUT2D eigenvalue weighted by molar-refractivity contribution is -0.116. The number of hydrogen-bond donors (Lipinski definition) is 2. The molecule has 0 amide bonds. The van der Waals surface area contributed by atoms with Crippen LogP contribution in [-0.2, 0) is 4.79 Å². The molecule has 1 aliphatic heterocycles. The van der Waals surface area contributed by atoms with Gasteiger partial charge in [-0.1, -0.05) is 12.1 Å². The standard InChI is InChI=1S/C10H11NO2.ClH/c12-8-3-1-2-7(4-8)10-5-9(13)6-11-10;/h1-4,10-12H,5-6H2;1H. The van der Waals surface area contributed by atoms with Crippen LogP contribution < -0.4 is 5.32 Å². The number of carbonyl (C=O) groups is 1. The summed E-state index contributed by atoms with van der Waals surface area (Å²) in [6.45, 7) is 0.445. The van der Waals surface area contributed by atoms with Gasteiger partial charge >= 0.3 is 0 Å². The van der Waals surface area contributed by atoms with E-state index in [1.165, 1.54) is 0 Å². The summed E-state index contributed by atoms with van der Waals surface area (Å²) in [5, 5.41) is 12.3. The zero-order valence-electron chi connectivity index (χ0n) is 7.56. The number of benzene rings is 1. The number of ketones is 1. The molecular weight excluding hydrogens is 202 g/mol. The average Bonchev–Trinajstić information content (AvgIpc) is 2.52. The second kappa shape index (κ2) is 4.44. The lowest BCUT2D eigenvalue weighted by Crippen LogP contribution is -2.13. The summed E-state index contributed by atoms with van der Waals surface area (Å²) in [6.07, 6.45) is 0.531. The number of phenols is 1. The van der Waals surface area contributed by atoms with Crippen molar-refractivity contribution in [1.82, 2.24) is 5.32 Å². The van der Waals surface area contributed by atoms with Gasteiger partial charge in [0.25, 0.3) is 0 Å². The van der Waals surface area contributed by atoms with E-state index in [0.29, 0.717) is 13.0 Å². The van der Waals surface area contributed by atoms with Gasteiger partial charge in [-0.2, -0.15) is 0 Å². The Bertz CT molecular complexity index is 341. The molecule has 14 heavy (non-hydrogen) atoms. The molecule has 0 bridgehead atoms. The molecule has 1 saturated heterocycles. The highest BCUT2D eigenvalue weighted by Gasteiger charge is 2.22. The molecule has 1 unspecified atom stereocenters. The van der Waals surface area contributed by atoms with Crippen LogP contribution >= 0.6 is 12.4 Å². The molecule has 1 atom stereocenters. The van der Waals surface area contributed by atoms with Gasteiger partial charge in [-0.3, -0.25) is 4.79 Å². The molecule has 0 saturated carbocycles. The molecule has 1 aromatic carbocycles. The van der Waals surface area contributed by atoms with Gasteiger partial charge < -0.3 is 10.4 Å². The quantitative estimate of drug-likeness (QED) is 0.742. The zero-order chi connectivity index (χ0) is 9.26. The third-order valence-electron chi connectivity index (χ3n) is 2.25. The molecule has 0 aliphatic carbocycles. The summed E-state index contributed by atoms with van der Waals surface area (Å²) in [4.78, 5) is 11.0. The Morgan fingerprint density at radius 2 is 2.21 bits per heavy atom. The minimum absolute atomic E-state index is 0. The minimum atomic E-state index is 0. The van der Waals surface area contributed by atoms with Crippen LogP contribution in [0, 0.1) is 0 Å². The Kier molecular flexibility index (Phi) is 3.49. The topological polar surface area (TPSA) is 49.3 Å². The summed E-state index contributed by atoms with van der Waals surface area (Å²) in [6, 6.07) is 7.10. The first kappa shape index (κ1) is 11.0. The number of hydrogen-bond acceptors (Lipinski definition) is 3. The van der Waals surface area contributed by atoms with Crippen molar-refractivity contribution in [2.24, 2.45) is 0 Å². The Balaban J connectivity index is 0.000000980. The van der Waals surface area contributed by atoms with E-state index in [-0.39, 0.29) is 30.0 Å². The largest absolute Gasteiger partial charge is 0.508 e. The molecule has 3 nitrogen and oxygen atoms in total. The molecule has 2 N–H and O–H groups in total. The fourth-order valence-electron chi connectivity index (χ4n) is 1.59. The van der Waals surface area contributed by atoms with Crippen molar-refractivity contribution in [2.75, 3.05) is 6.54 Å². The number of halogens is 1. The van der Waals surface area contributed by atoms with Crippen molar-refractivity contribution in [3.63, 3.8) is 0 Å². The second-order valence-electron chi connectivity index (χ2n) is 3.27. The number of aromatic hydroxyl groups is 1. The highest BCUT2D eigenvalue weighted by atomic mass is 35.5. The van der Waals surface area contributed by atoms with Crippen LogP contribution in [0.15, 0.2) is 24.3 Å². The van der Waals surface area contributed by atoms with Gasteiger partial charge in [0.2, 0.25) is 0 Å². The van der Waals surface area contributed by atoms with E-state index in [1.54, 1.807) is 18.2 Å². The van der Waals surface area contributed by atoms with Crippen LogP contribution in [0.1, 0.15) is 18.0 Å². The first-order chi connectivity index (χ1) is 6.25. The highest BCUT2D eigenvalue weighted by molar-refractivity contribution is 5.85. The van der Waals surface area contributed by atoms with Crippen LogP contribution in [0.2, 0.25) is 0 Å². The molecule has 2 rings (SSSR count). The third kappa shape index (κ3) is 2.25. The van der Waals surface area contributed by atoms with Crippen molar-refractivity contribution in [2.45, 2.75) is 12.5 Å². The molecular formula is C10H12ClNO2. The van der Waals surface area contributed by atoms with E-state index in [2.05, 4.69) is 5.32 Å². The van der Waals surface area contributed by atoms with E-state index >= 15 is 0 Å². The summed E-state index contributed by atoms with van der Waals surface area (Å²) < 4.78 is 0. The summed E-state index contributed by atoms with van der Waals surface area (Å²) in [7, 11) is 0. The van der Waals surface area contributed by atoms with Crippen molar-refractivity contribution in [3.05, 3.63) is 29.8 Å². The van der Waals surface area contributed by atoms with Gasteiger partial charge in [0.15, 0.2) is 0 Å². The highest BCUT2D eigenvalue weighted by Crippen LogP contribution is 2.23. The smallest absolute Gasteiger partial charge is 0.148 e. The maximum absolute atomic E-state index is 11.0. The number of nitrogens with one attached hydrogen (secondary N) is 1. The molecule has 1 aromatic rings. The molecule has 0 aromatic heterocycles. The normalized spacial score (nSPS) is 20.6. The maximum Gasteiger partial charge on any atom is 0.148 e. The van der Waals surface area contributed by atoms with Crippen molar-refractivity contribution >= 4 is 18.2 Å². The first-order valence-electron chi connectivity index (χ1n) is 4.30. The molecule has 76 valence electrons. The van der Waals surface area contributed by atoms with Gasteiger partial charge in [0, 0.05) is 12.5 Å². The van der Waals surface area contributed by atoms with Crippen molar-refractivity contribution in [3.8, 4) is 5.75 Å².